The molecule has 0 bridgehead atoms. The number of aliphatic carboxylic acids is 1. The second kappa shape index (κ2) is 15.7. The van der Waals surface area contributed by atoms with Gasteiger partial charge in [-0.25, -0.2) is 4.79 Å². The third-order valence-corrected chi connectivity index (χ3v) is 5.35. The number of carbonyl (C=O) groups is 5. The summed E-state index contributed by atoms with van der Waals surface area (Å²) >= 11 is 0. The predicted molar refractivity (Wildman–Crippen MR) is 137 cm³/mol. The Bertz CT molecular complexity index is 1010. The summed E-state index contributed by atoms with van der Waals surface area (Å²) in [6.07, 6.45) is -0.0636. The first kappa shape index (κ1) is 31.6. The maximum absolute atomic E-state index is 12.8. The second-order valence-electron chi connectivity index (χ2n) is 8.62. The molecule has 210 valence electrons. The highest BCUT2D eigenvalue weighted by atomic mass is 16.4. The summed E-state index contributed by atoms with van der Waals surface area (Å²) in [4.78, 5) is 64.4. The first-order valence-electron chi connectivity index (χ1n) is 11.8. The van der Waals surface area contributed by atoms with E-state index in [1.54, 1.807) is 12.1 Å². The fourth-order valence-electron chi connectivity index (χ4n) is 3.25. The van der Waals surface area contributed by atoms with Gasteiger partial charge in [-0.1, -0.05) is 12.1 Å². The number of aliphatic imine (C=N–C) groups is 1. The van der Waals surface area contributed by atoms with E-state index in [4.69, 9.17) is 22.9 Å². The third-order valence-electron chi connectivity index (χ3n) is 5.35. The van der Waals surface area contributed by atoms with Gasteiger partial charge in [0.2, 0.25) is 23.6 Å². The van der Waals surface area contributed by atoms with E-state index in [1.807, 2.05) is 0 Å². The molecular formula is C23H36N8O7. The molecule has 4 amide bonds. The van der Waals surface area contributed by atoms with E-state index in [-0.39, 0.29) is 50.4 Å². The summed E-state index contributed by atoms with van der Waals surface area (Å²) in [5.74, 6) is -4.37. The van der Waals surface area contributed by atoms with Crippen LogP contribution in [0, 0.1) is 0 Å². The number of carboxylic acids is 1. The molecule has 0 saturated carbocycles. The molecule has 4 unspecified atom stereocenters. The topological polar surface area (TPSA) is 278 Å². The Morgan fingerprint density at radius 3 is 2.05 bits per heavy atom. The Morgan fingerprint density at radius 1 is 0.895 bits per heavy atom. The van der Waals surface area contributed by atoms with E-state index in [0.717, 1.165) is 0 Å². The third kappa shape index (κ3) is 12.0. The van der Waals surface area contributed by atoms with Crippen molar-refractivity contribution in [2.75, 3.05) is 6.54 Å². The number of primary amides is 1. The number of carbonyl (C=O) groups excluding carboxylic acids is 4. The fraction of sp³-hybridized carbons (Fsp3) is 0.478. The number of guanidine groups is 1. The Kier molecular flexibility index (Phi) is 13.0. The van der Waals surface area contributed by atoms with Gasteiger partial charge in [0.05, 0.1) is 6.04 Å². The molecule has 0 radical (unpaired) electrons. The summed E-state index contributed by atoms with van der Waals surface area (Å²) < 4.78 is 0. The number of aromatic hydroxyl groups is 1. The Balaban J connectivity index is 2.83. The molecule has 4 atom stereocenters. The van der Waals surface area contributed by atoms with E-state index < -0.39 is 53.8 Å². The Morgan fingerprint density at radius 2 is 1.50 bits per heavy atom. The van der Waals surface area contributed by atoms with Gasteiger partial charge in [-0.15, -0.1) is 0 Å². The lowest BCUT2D eigenvalue weighted by Crippen LogP contribution is -2.56. The van der Waals surface area contributed by atoms with Crippen LogP contribution in [-0.2, 0) is 30.4 Å². The standard InChI is InChI=1S/C23H36N8O7/c1-12(29-20(35)15(24)11-13-4-6-14(32)7-5-13)19(34)30-16(3-2-10-28-23(26)27)21(36)31-17(22(37)38)8-9-18(25)33/h4-7,12,15-17,32H,2-3,8-11,24H2,1H3,(H2,25,33)(H,29,35)(H,30,34)(H,31,36)(H,37,38)(H4,26,27,28). The summed E-state index contributed by atoms with van der Waals surface area (Å²) in [5, 5.41) is 26.0. The van der Waals surface area contributed by atoms with E-state index in [9.17, 15) is 34.2 Å². The molecule has 38 heavy (non-hydrogen) atoms. The molecule has 1 rings (SSSR count). The number of carboxylic acid groups (broad SMARTS) is 1. The number of nitrogens with one attached hydrogen (secondary N) is 3. The zero-order valence-corrected chi connectivity index (χ0v) is 21.1. The summed E-state index contributed by atoms with van der Waals surface area (Å²) in [6.45, 7) is 1.53. The minimum absolute atomic E-state index is 0.0392. The Hall–Kier alpha value is -4.40. The highest BCUT2D eigenvalue weighted by Gasteiger charge is 2.28. The largest absolute Gasteiger partial charge is 0.508 e. The van der Waals surface area contributed by atoms with Gasteiger partial charge < -0.3 is 49.1 Å². The van der Waals surface area contributed by atoms with E-state index in [2.05, 4.69) is 20.9 Å². The van der Waals surface area contributed by atoms with E-state index in [0.29, 0.717) is 5.56 Å². The van der Waals surface area contributed by atoms with Crippen LogP contribution in [0.4, 0.5) is 0 Å². The van der Waals surface area contributed by atoms with Crippen LogP contribution in [0.2, 0.25) is 0 Å². The molecule has 0 fully saturated rings. The molecule has 1 aromatic rings. The number of hydrogen-bond donors (Lipinski definition) is 9. The average molecular weight is 537 g/mol. The molecule has 1 aromatic carbocycles. The number of nitrogens with zero attached hydrogens (tertiary/aromatic N) is 1. The minimum atomic E-state index is -1.41. The monoisotopic (exact) mass is 536 g/mol. The van der Waals surface area contributed by atoms with Crippen LogP contribution in [0.3, 0.4) is 0 Å². The quantitative estimate of drug-likeness (QED) is 0.0591. The SMILES string of the molecule is CC(NC(=O)C(N)Cc1ccc(O)cc1)C(=O)NC(CCCN=C(N)N)C(=O)NC(CCC(N)=O)C(=O)O. The van der Waals surface area contributed by atoms with Crippen LogP contribution in [0.5, 0.6) is 5.75 Å². The molecule has 0 spiro atoms. The van der Waals surface area contributed by atoms with E-state index in [1.165, 1.54) is 19.1 Å². The lowest BCUT2D eigenvalue weighted by Gasteiger charge is -2.23. The number of benzene rings is 1. The predicted octanol–water partition coefficient (Wildman–Crippen LogP) is -2.86. The van der Waals surface area contributed by atoms with Crippen LogP contribution < -0.4 is 38.9 Å². The van der Waals surface area contributed by atoms with Gasteiger partial charge in [-0.3, -0.25) is 24.2 Å². The molecule has 0 heterocycles. The van der Waals surface area contributed by atoms with Crippen molar-refractivity contribution in [3.8, 4) is 5.75 Å². The number of phenols is 1. The molecule has 0 saturated heterocycles. The first-order chi connectivity index (χ1) is 17.8. The Labute approximate surface area is 219 Å². The number of hydrogen-bond acceptors (Lipinski definition) is 8. The summed E-state index contributed by atoms with van der Waals surface area (Å²) in [6, 6.07) is 1.44. The molecular weight excluding hydrogens is 500 g/mol. The van der Waals surface area contributed by atoms with Crippen molar-refractivity contribution in [1.82, 2.24) is 16.0 Å². The van der Waals surface area contributed by atoms with Crippen molar-refractivity contribution in [1.29, 1.82) is 0 Å². The van der Waals surface area contributed by atoms with Gasteiger partial charge in [0, 0.05) is 13.0 Å². The highest BCUT2D eigenvalue weighted by Crippen LogP contribution is 2.11. The van der Waals surface area contributed by atoms with Crippen LogP contribution in [0.15, 0.2) is 29.3 Å². The number of phenolic OH excluding ortho intramolecular Hbond substituents is 1. The van der Waals surface area contributed by atoms with Crippen molar-refractivity contribution < 1.29 is 34.2 Å². The van der Waals surface area contributed by atoms with Crippen molar-refractivity contribution in [3.05, 3.63) is 29.8 Å². The molecule has 13 N–H and O–H groups in total. The van der Waals surface area contributed by atoms with Gasteiger partial charge >= 0.3 is 5.97 Å². The molecule has 15 nitrogen and oxygen atoms in total. The van der Waals surface area contributed by atoms with Crippen molar-refractivity contribution >= 4 is 35.6 Å². The van der Waals surface area contributed by atoms with Gasteiger partial charge in [0.1, 0.15) is 23.9 Å². The van der Waals surface area contributed by atoms with Crippen LogP contribution in [0.25, 0.3) is 0 Å². The van der Waals surface area contributed by atoms with Gasteiger partial charge in [-0.05, 0) is 50.3 Å². The van der Waals surface area contributed by atoms with E-state index >= 15 is 0 Å². The normalized spacial score (nSPS) is 13.7. The first-order valence-corrected chi connectivity index (χ1v) is 11.8. The maximum Gasteiger partial charge on any atom is 0.326 e. The van der Waals surface area contributed by atoms with Crippen LogP contribution in [0.1, 0.15) is 38.2 Å². The van der Waals surface area contributed by atoms with Crippen molar-refractivity contribution in [2.24, 2.45) is 27.9 Å². The molecule has 0 aromatic heterocycles. The number of rotatable bonds is 16. The number of nitrogens with two attached hydrogens (primary N) is 4. The highest BCUT2D eigenvalue weighted by molar-refractivity contribution is 5.94. The zero-order chi connectivity index (χ0) is 28.8. The molecule has 0 aliphatic carbocycles. The smallest absolute Gasteiger partial charge is 0.326 e. The van der Waals surface area contributed by atoms with Gasteiger partial charge in [0.15, 0.2) is 5.96 Å². The van der Waals surface area contributed by atoms with Crippen molar-refractivity contribution in [3.63, 3.8) is 0 Å². The molecule has 0 aliphatic rings. The molecule has 15 heteroatoms. The summed E-state index contributed by atoms with van der Waals surface area (Å²) in [7, 11) is 0. The van der Waals surface area contributed by atoms with Crippen LogP contribution in [-0.4, -0.2) is 76.5 Å². The van der Waals surface area contributed by atoms with Gasteiger partial charge in [-0.2, -0.15) is 0 Å². The maximum atomic E-state index is 12.8. The summed E-state index contributed by atoms with van der Waals surface area (Å²) in [5.41, 5.74) is 22.3. The van der Waals surface area contributed by atoms with Crippen molar-refractivity contribution in [2.45, 2.75) is 63.2 Å². The van der Waals surface area contributed by atoms with Crippen LogP contribution >= 0.6 is 0 Å². The molecule has 0 aliphatic heterocycles. The average Bonchev–Trinajstić information content (AvgIpc) is 2.83. The van der Waals surface area contributed by atoms with Gasteiger partial charge in [0.25, 0.3) is 0 Å². The zero-order valence-electron chi connectivity index (χ0n) is 21.1. The lowest BCUT2D eigenvalue weighted by molar-refractivity contribution is -0.142. The lowest BCUT2D eigenvalue weighted by atomic mass is 10.1. The minimum Gasteiger partial charge on any atom is -0.508 e. The second-order valence-corrected chi connectivity index (χ2v) is 8.62. The fourth-order valence-corrected chi connectivity index (χ4v) is 3.25. The number of amides is 4.